The molecule has 140 valence electrons. The number of alkyl halides is 2. The number of nitrogens with one attached hydrogen (secondary N) is 1. The Kier molecular flexibility index (Phi) is 4.87. The van der Waals surface area contributed by atoms with Crippen LogP contribution in [0.5, 0.6) is 0 Å². The minimum atomic E-state index is -2.78. The van der Waals surface area contributed by atoms with Crippen LogP contribution in [0.1, 0.15) is 38.2 Å². The third-order valence-corrected chi connectivity index (χ3v) is 5.67. The molecule has 4 nitrogen and oxygen atoms in total. The van der Waals surface area contributed by atoms with Crippen molar-refractivity contribution >= 4 is 11.6 Å². The lowest BCUT2D eigenvalue weighted by molar-refractivity contribution is -0.127. The van der Waals surface area contributed by atoms with Gasteiger partial charge in [0.15, 0.2) is 0 Å². The van der Waals surface area contributed by atoms with E-state index in [0.717, 1.165) is 6.92 Å². The Morgan fingerprint density at radius 2 is 2.04 bits per heavy atom. The van der Waals surface area contributed by atoms with E-state index in [1.54, 1.807) is 12.1 Å². The molecule has 0 spiro atoms. The minimum absolute atomic E-state index is 0.0137. The molecule has 7 heteroatoms. The molecule has 0 bridgehead atoms. The summed E-state index contributed by atoms with van der Waals surface area (Å²) in [7, 11) is 0. The standard InChI is InChI=1S/C19H22F3N3O/c1-18(21,22)19(6-7-19)12-24-17(26)14-4-8-25(9-5-14)16-3-2-13(11-23)10-15(16)20/h2-3,10,14H,4-9,12H2,1H3,(H,24,26). The second kappa shape index (κ2) is 6.82. The number of benzene rings is 1. The zero-order valence-electron chi connectivity index (χ0n) is 14.7. The van der Waals surface area contributed by atoms with Crippen LogP contribution >= 0.6 is 0 Å². The lowest BCUT2D eigenvalue weighted by Gasteiger charge is -2.33. The first-order valence-electron chi connectivity index (χ1n) is 8.86. The predicted molar refractivity (Wildman–Crippen MR) is 91.3 cm³/mol. The molecular weight excluding hydrogens is 343 g/mol. The molecule has 0 aromatic heterocycles. The van der Waals surface area contributed by atoms with E-state index < -0.39 is 17.2 Å². The molecule has 1 aliphatic carbocycles. The summed E-state index contributed by atoms with van der Waals surface area (Å²) in [6.45, 7) is 1.95. The summed E-state index contributed by atoms with van der Waals surface area (Å²) in [4.78, 5) is 14.2. The van der Waals surface area contributed by atoms with Crippen molar-refractivity contribution in [3.8, 4) is 6.07 Å². The van der Waals surface area contributed by atoms with Gasteiger partial charge < -0.3 is 10.2 Å². The maximum atomic E-state index is 14.1. The van der Waals surface area contributed by atoms with Crippen LogP contribution in [0.25, 0.3) is 0 Å². The average molecular weight is 365 g/mol. The molecule has 1 N–H and O–H groups in total. The number of rotatable bonds is 5. The van der Waals surface area contributed by atoms with Gasteiger partial charge in [0.2, 0.25) is 5.91 Å². The number of anilines is 1. The summed E-state index contributed by atoms with van der Waals surface area (Å²) in [5.41, 5.74) is -0.387. The Morgan fingerprint density at radius 1 is 1.38 bits per heavy atom. The van der Waals surface area contributed by atoms with E-state index in [0.29, 0.717) is 44.5 Å². The third kappa shape index (κ3) is 3.64. The number of piperidine rings is 1. The van der Waals surface area contributed by atoms with E-state index in [4.69, 9.17) is 5.26 Å². The van der Waals surface area contributed by atoms with Gasteiger partial charge in [-0.25, -0.2) is 13.2 Å². The number of halogens is 3. The van der Waals surface area contributed by atoms with Gasteiger partial charge >= 0.3 is 0 Å². The second-order valence-electron chi connectivity index (χ2n) is 7.43. The molecule has 1 heterocycles. The van der Waals surface area contributed by atoms with E-state index in [9.17, 15) is 18.0 Å². The van der Waals surface area contributed by atoms with Crippen molar-refractivity contribution < 1.29 is 18.0 Å². The van der Waals surface area contributed by atoms with Crippen molar-refractivity contribution in [2.75, 3.05) is 24.5 Å². The van der Waals surface area contributed by atoms with Crippen LogP contribution < -0.4 is 10.2 Å². The zero-order valence-corrected chi connectivity index (χ0v) is 14.7. The van der Waals surface area contributed by atoms with Gasteiger partial charge in [-0.05, 0) is 50.8 Å². The molecular formula is C19H22F3N3O. The second-order valence-corrected chi connectivity index (χ2v) is 7.43. The first-order chi connectivity index (χ1) is 12.3. The van der Waals surface area contributed by atoms with Gasteiger partial charge in [-0.1, -0.05) is 0 Å². The highest BCUT2D eigenvalue weighted by atomic mass is 19.3. The molecule has 3 rings (SSSR count). The SMILES string of the molecule is CC(F)(F)C1(CNC(=O)C2CCN(c3ccc(C#N)cc3F)CC2)CC1. The number of carbonyl (C=O) groups excluding carboxylic acids is 1. The van der Waals surface area contributed by atoms with Crippen LogP contribution in [0.4, 0.5) is 18.9 Å². The molecule has 2 aliphatic rings. The molecule has 2 fully saturated rings. The fourth-order valence-corrected chi connectivity index (χ4v) is 3.54. The summed E-state index contributed by atoms with van der Waals surface area (Å²) >= 11 is 0. The third-order valence-electron chi connectivity index (χ3n) is 5.67. The molecule has 1 aliphatic heterocycles. The van der Waals surface area contributed by atoms with E-state index in [1.807, 2.05) is 11.0 Å². The lowest BCUT2D eigenvalue weighted by atomic mass is 9.94. The van der Waals surface area contributed by atoms with Crippen molar-refractivity contribution in [2.24, 2.45) is 11.3 Å². The first kappa shape index (κ1) is 18.6. The van der Waals surface area contributed by atoms with Crippen LogP contribution in [-0.4, -0.2) is 31.5 Å². The van der Waals surface area contributed by atoms with Gasteiger partial charge in [0, 0.05) is 25.6 Å². The maximum Gasteiger partial charge on any atom is 0.252 e. The topological polar surface area (TPSA) is 56.1 Å². The Hall–Kier alpha value is -2.23. The predicted octanol–water partition coefficient (Wildman–Crippen LogP) is 3.47. The molecule has 26 heavy (non-hydrogen) atoms. The Morgan fingerprint density at radius 3 is 2.54 bits per heavy atom. The van der Waals surface area contributed by atoms with Gasteiger partial charge in [-0.2, -0.15) is 5.26 Å². The first-order valence-corrected chi connectivity index (χ1v) is 8.86. The number of hydrogen-bond acceptors (Lipinski definition) is 3. The summed E-state index contributed by atoms with van der Waals surface area (Å²) in [5.74, 6) is -3.67. The van der Waals surface area contributed by atoms with Crippen molar-refractivity contribution in [3.63, 3.8) is 0 Å². The van der Waals surface area contributed by atoms with E-state index >= 15 is 0 Å². The molecule has 1 amide bonds. The van der Waals surface area contributed by atoms with Crippen LogP contribution in [0.15, 0.2) is 18.2 Å². The highest BCUT2D eigenvalue weighted by Gasteiger charge is 2.58. The van der Waals surface area contributed by atoms with Crippen LogP contribution in [0.3, 0.4) is 0 Å². The van der Waals surface area contributed by atoms with Gasteiger partial charge in [0.05, 0.1) is 22.7 Å². The van der Waals surface area contributed by atoms with Crippen LogP contribution in [-0.2, 0) is 4.79 Å². The van der Waals surface area contributed by atoms with Gasteiger partial charge in [0.25, 0.3) is 5.92 Å². The zero-order chi connectivity index (χ0) is 18.9. The number of amides is 1. The molecule has 0 unspecified atom stereocenters. The number of hydrogen-bond donors (Lipinski definition) is 1. The fraction of sp³-hybridized carbons (Fsp3) is 0.579. The minimum Gasteiger partial charge on any atom is -0.369 e. The van der Waals surface area contributed by atoms with E-state index in [2.05, 4.69) is 5.32 Å². The van der Waals surface area contributed by atoms with Crippen LogP contribution in [0, 0.1) is 28.5 Å². The van der Waals surface area contributed by atoms with Crippen molar-refractivity contribution in [1.29, 1.82) is 5.26 Å². The maximum absolute atomic E-state index is 14.1. The van der Waals surface area contributed by atoms with Gasteiger partial charge in [0.1, 0.15) is 5.82 Å². The molecule has 1 aromatic rings. The normalized spacial score (nSPS) is 19.7. The molecule has 0 radical (unpaired) electrons. The van der Waals surface area contributed by atoms with Crippen molar-refractivity contribution in [3.05, 3.63) is 29.6 Å². The monoisotopic (exact) mass is 365 g/mol. The molecule has 1 saturated carbocycles. The summed E-state index contributed by atoms with van der Waals surface area (Å²) in [6, 6.07) is 6.24. The Bertz CT molecular complexity index is 727. The number of carbonyl (C=O) groups is 1. The Labute approximate surface area is 151 Å². The Balaban J connectivity index is 1.52. The summed E-state index contributed by atoms with van der Waals surface area (Å²) < 4.78 is 41.2. The number of nitrogens with zero attached hydrogens (tertiary/aromatic N) is 2. The fourth-order valence-electron chi connectivity index (χ4n) is 3.54. The number of nitriles is 1. The largest absolute Gasteiger partial charge is 0.369 e. The van der Waals surface area contributed by atoms with Gasteiger partial charge in [-0.15, -0.1) is 0 Å². The van der Waals surface area contributed by atoms with Crippen LogP contribution in [0.2, 0.25) is 0 Å². The summed E-state index contributed by atoms with van der Waals surface area (Å²) in [6.07, 6.45) is 1.96. The van der Waals surface area contributed by atoms with Gasteiger partial charge in [-0.3, -0.25) is 4.79 Å². The molecule has 1 saturated heterocycles. The lowest BCUT2D eigenvalue weighted by Crippen LogP contribution is -2.44. The highest BCUT2D eigenvalue weighted by Crippen LogP contribution is 2.56. The van der Waals surface area contributed by atoms with Crippen molar-refractivity contribution in [2.45, 2.75) is 38.5 Å². The molecule has 0 atom stereocenters. The summed E-state index contributed by atoms with van der Waals surface area (Å²) in [5, 5.41) is 11.5. The molecule has 1 aromatic carbocycles. The smallest absolute Gasteiger partial charge is 0.252 e. The van der Waals surface area contributed by atoms with E-state index in [1.165, 1.54) is 6.07 Å². The average Bonchev–Trinajstić information content (AvgIpc) is 3.41. The quantitative estimate of drug-likeness (QED) is 0.869. The van der Waals surface area contributed by atoms with Crippen molar-refractivity contribution in [1.82, 2.24) is 5.32 Å². The van der Waals surface area contributed by atoms with E-state index in [-0.39, 0.29) is 23.9 Å². The highest BCUT2D eigenvalue weighted by molar-refractivity contribution is 5.79.